The fraction of sp³-hybridized carbons (Fsp3) is 0.389. The normalized spacial score (nSPS) is 14.7. The molecule has 0 radical (unpaired) electrons. The van der Waals surface area contributed by atoms with Gasteiger partial charge in [-0.05, 0) is 25.3 Å². The second-order valence-electron chi connectivity index (χ2n) is 6.21. The molecule has 1 saturated heterocycles. The molecule has 0 atom stereocenters. The Morgan fingerprint density at radius 3 is 2.26 bits per heavy atom. The molecule has 0 bridgehead atoms. The van der Waals surface area contributed by atoms with Gasteiger partial charge < -0.3 is 14.4 Å². The molecule has 1 aliphatic heterocycles. The zero-order valence-corrected chi connectivity index (χ0v) is 16.9. The number of nitrogens with one attached hydrogen (secondary N) is 1. The van der Waals surface area contributed by atoms with Crippen LogP contribution in [0, 0.1) is 0 Å². The van der Waals surface area contributed by atoms with Crippen LogP contribution in [0.15, 0.2) is 33.9 Å². The fourth-order valence-corrected chi connectivity index (χ4v) is 5.11. The first kappa shape index (κ1) is 19.5. The molecular formula is C18H22N2O5S2. The zero-order chi connectivity index (χ0) is 19.4. The Kier molecular flexibility index (Phi) is 5.91. The maximum Gasteiger partial charge on any atom is 0.271 e. The van der Waals surface area contributed by atoms with Gasteiger partial charge in [0.25, 0.3) is 15.9 Å². The van der Waals surface area contributed by atoms with Gasteiger partial charge in [-0.3, -0.25) is 9.52 Å². The standard InChI is InChI=1S/C18H22N2O5S2/c1-24-15-9-14(10-16(11-15)25-2)19-27(22,23)17-8-13(12-26-17)18(21)20-6-4-3-5-7-20/h8-12,19H,3-7H2,1-2H3. The third kappa shape index (κ3) is 4.54. The molecule has 1 aliphatic rings. The topological polar surface area (TPSA) is 84.9 Å². The summed E-state index contributed by atoms with van der Waals surface area (Å²) < 4.78 is 38.3. The molecule has 27 heavy (non-hydrogen) atoms. The Morgan fingerprint density at radius 2 is 1.67 bits per heavy atom. The van der Waals surface area contributed by atoms with Crippen molar-refractivity contribution < 1.29 is 22.7 Å². The van der Waals surface area contributed by atoms with E-state index < -0.39 is 10.0 Å². The van der Waals surface area contributed by atoms with Gasteiger partial charge in [-0.2, -0.15) is 0 Å². The van der Waals surface area contributed by atoms with Gasteiger partial charge in [0.2, 0.25) is 0 Å². The second-order valence-corrected chi connectivity index (χ2v) is 9.03. The molecular weight excluding hydrogens is 388 g/mol. The van der Waals surface area contributed by atoms with Gasteiger partial charge in [0.1, 0.15) is 15.7 Å². The number of hydrogen-bond donors (Lipinski definition) is 1. The molecule has 0 spiro atoms. The number of likely N-dealkylation sites (tertiary alicyclic amines) is 1. The zero-order valence-electron chi connectivity index (χ0n) is 15.2. The largest absolute Gasteiger partial charge is 0.497 e. The molecule has 1 aromatic carbocycles. The number of sulfonamides is 1. The van der Waals surface area contributed by atoms with E-state index in [-0.39, 0.29) is 10.1 Å². The van der Waals surface area contributed by atoms with Crippen LogP contribution in [-0.4, -0.2) is 46.5 Å². The summed E-state index contributed by atoms with van der Waals surface area (Å²) in [6, 6.07) is 6.21. The molecule has 7 nitrogen and oxygen atoms in total. The Balaban J connectivity index is 1.79. The van der Waals surface area contributed by atoms with E-state index in [1.165, 1.54) is 20.3 Å². The number of nitrogens with zero attached hydrogens (tertiary/aromatic N) is 1. The smallest absolute Gasteiger partial charge is 0.271 e. The molecule has 2 aromatic rings. The first-order valence-electron chi connectivity index (χ1n) is 8.56. The predicted octanol–water partition coefficient (Wildman–Crippen LogP) is 3.19. The fourth-order valence-electron chi connectivity index (χ4n) is 2.92. The highest BCUT2D eigenvalue weighted by Gasteiger charge is 2.23. The van der Waals surface area contributed by atoms with Gasteiger partial charge in [0.15, 0.2) is 0 Å². The number of benzene rings is 1. The minimum atomic E-state index is -3.82. The summed E-state index contributed by atoms with van der Waals surface area (Å²) in [6.45, 7) is 1.44. The average Bonchev–Trinajstić information content (AvgIpc) is 3.18. The van der Waals surface area contributed by atoms with E-state index in [1.807, 2.05) is 0 Å². The summed E-state index contributed by atoms with van der Waals surface area (Å²) in [5.74, 6) is 0.828. The number of thiophene rings is 1. The molecule has 1 amide bonds. The molecule has 0 unspecified atom stereocenters. The van der Waals surface area contributed by atoms with Crippen LogP contribution in [0.2, 0.25) is 0 Å². The molecule has 146 valence electrons. The van der Waals surface area contributed by atoms with Crippen LogP contribution < -0.4 is 14.2 Å². The predicted molar refractivity (Wildman–Crippen MR) is 104 cm³/mol. The van der Waals surface area contributed by atoms with E-state index in [1.54, 1.807) is 28.5 Å². The molecule has 1 fully saturated rings. The van der Waals surface area contributed by atoms with E-state index in [0.29, 0.717) is 22.7 Å². The van der Waals surface area contributed by atoms with Crippen molar-refractivity contribution in [2.45, 2.75) is 23.5 Å². The summed E-state index contributed by atoms with van der Waals surface area (Å²) in [5.41, 5.74) is 0.731. The highest BCUT2D eigenvalue weighted by Crippen LogP contribution is 2.29. The summed E-state index contributed by atoms with van der Waals surface area (Å²) in [7, 11) is -0.838. The van der Waals surface area contributed by atoms with Gasteiger partial charge in [-0.15, -0.1) is 11.3 Å². The van der Waals surface area contributed by atoms with Gasteiger partial charge in [-0.1, -0.05) is 0 Å². The molecule has 0 aliphatic carbocycles. The third-order valence-corrected chi connectivity index (χ3v) is 7.16. The minimum absolute atomic E-state index is 0.0876. The van der Waals surface area contributed by atoms with Crippen LogP contribution in [0.4, 0.5) is 5.69 Å². The van der Waals surface area contributed by atoms with Crippen molar-refractivity contribution in [1.82, 2.24) is 4.90 Å². The highest BCUT2D eigenvalue weighted by atomic mass is 32.2. The van der Waals surface area contributed by atoms with Crippen LogP contribution in [0.3, 0.4) is 0 Å². The lowest BCUT2D eigenvalue weighted by Gasteiger charge is -2.26. The molecule has 1 N–H and O–H groups in total. The second kappa shape index (κ2) is 8.18. The monoisotopic (exact) mass is 410 g/mol. The van der Waals surface area contributed by atoms with E-state index >= 15 is 0 Å². The average molecular weight is 411 g/mol. The lowest BCUT2D eigenvalue weighted by Crippen LogP contribution is -2.35. The third-order valence-electron chi connectivity index (χ3n) is 4.33. The lowest BCUT2D eigenvalue weighted by molar-refractivity contribution is 0.0725. The first-order valence-corrected chi connectivity index (χ1v) is 10.9. The maximum atomic E-state index is 12.7. The number of anilines is 1. The number of ether oxygens (including phenoxy) is 2. The van der Waals surface area contributed by atoms with Crippen molar-refractivity contribution in [2.75, 3.05) is 32.0 Å². The summed E-state index contributed by atoms with van der Waals surface area (Å²) in [4.78, 5) is 14.3. The van der Waals surface area contributed by atoms with Crippen molar-refractivity contribution in [2.24, 2.45) is 0 Å². The minimum Gasteiger partial charge on any atom is -0.497 e. The highest BCUT2D eigenvalue weighted by molar-refractivity contribution is 7.94. The van der Waals surface area contributed by atoms with Crippen LogP contribution in [0.1, 0.15) is 29.6 Å². The van der Waals surface area contributed by atoms with Crippen molar-refractivity contribution in [3.8, 4) is 11.5 Å². The number of carbonyl (C=O) groups excluding carboxylic acids is 1. The van der Waals surface area contributed by atoms with Crippen molar-refractivity contribution >= 4 is 33.0 Å². The number of methoxy groups -OCH3 is 2. The number of hydrogen-bond acceptors (Lipinski definition) is 6. The number of rotatable bonds is 6. The molecule has 3 rings (SSSR count). The Labute approximate surface area is 163 Å². The first-order chi connectivity index (χ1) is 12.9. The molecule has 2 heterocycles. The quantitative estimate of drug-likeness (QED) is 0.791. The van der Waals surface area contributed by atoms with Gasteiger partial charge in [-0.25, -0.2) is 8.42 Å². The molecule has 9 heteroatoms. The van der Waals surface area contributed by atoms with Gasteiger partial charge in [0.05, 0.1) is 25.5 Å². The van der Waals surface area contributed by atoms with Crippen LogP contribution >= 0.6 is 11.3 Å². The van der Waals surface area contributed by atoms with Gasteiger partial charge in [0, 0.05) is 36.7 Å². The molecule has 1 aromatic heterocycles. The Morgan fingerprint density at radius 1 is 1.04 bits per heavy atom. The SMILES string of the molecule is COc1cc(NS(=O)(=O)c2cc(C(=O)N3CCCCC3)cs2)cc(OC)c1. The van der Waals surface area contributed by atoms with Crippen LogP contribution in [-0.2, 0) is 10.0 Å². The van der Waals surface area contributed by atoms with Crippen molar-refractivity contribution in [1.29, 1.82) is 0 Å². The lowest BCUT2D eigenvalue weighted by atomic mass is 10.1. The maximum absolute atomic E-state index is 12.7. The van der Waals surface area contributed by atoms with E-state index in [4.69, 9.17) is 9.47 Å². The molecule has 0 saturated carbocycles. The van der Waals surface area contributed by atoms with Crippen LogP contribution in [0.25, 0.3) is 0 Å². The van der Waals surface area contributed by atoms with E-state index in [9.17, 15) is 13.2 Å². The Bertz CT molecular complexity index is 895. The number of carbonyl (C=O) groups is 1. The summed E-state index contributed by atoms with van der Waals surface area (Å²) in [6.07, 6.45) is 3.10. The number of piperidine rings is 1. The number of amides is 1. The van der Waals surface area contributed by atoms with Crippen LogP contribution in [0.5, 0.6) is 11.5 Å². The summed E-state index contributed by atoms with van der Waals surface area (Å²) in [5, 5.41) is 1.59. The van der Waals surface area contributed by atoms with Gasteiger partial charge >= 0.3 is 0 Å². The summed E-state index contributed by atoms with van der Waals surface area (Å²) >= 11 is 1.03. The van der Waals surface area contributed by atoms with E-state index in [0.717, 1.165) is 43.7 Å². The van der Waals surface area contributed by atoms with Crippen molar-refractivity contribution in [3.63, 3.8) is 0 Å². The Hall–Kier alpha value is -2.26. The van der Waals surface area contributed by atoms with Crippen molar-refractivity contribution in [3.05, 3.63) is 35.2 Å². The van der Waals surface area contributed by atoms with E-state index in [2.05, 4.69) is 4.72 Å².